The summed E-state index contributed by atoms with van der Waals surface area (Å²) < 4.78 is 2.85. The van der Waals surface area contributed by atoms with Gasteiger partial charge in [0.25, 0.3) is 0 Å². The van der Waals surface area contributed by atoms with Crippen LogP contribution in [0.2, 0.25) is 0 Å². The van der Waals surface area contributed by atoms with Crippen molar-refractivity contribution < 1.29 is 9.90 Å². The monoisotopic (exact) mass is 341 g/mol. The lowest BCUT2D eigenvalue weighted by Gasteiger charge is -2.03. The van der Waals surface area contributed by atoms with Gasteiger partial charge in [-0.25, -0.2) is 0 Å². The minimum Gasteiger partial charge on any atom is -0.481 e. The molecule has 100 valence electrons. The Hall–Kier alpha value is -1.34. The average Bonchev–Trinajstić information content (AvgIpc) is 2.68. The van der Waals surface area contributed by atoms with E-state index in [4.69, 9.17) is 5.11 Å². The second-order valence-corrected chi connectivity index (χ2v) is 5.81. The Morgan fingerprint density at radius 1 is 1.47 bits per heavy atom. The molecule has 0 atom stereocenters. The summed E-state index contributed by atoms with van der Waals surface area (Å²) in [5.74, 6) is -0.0596. The molecule has 1 N–H and O–H groups in total. The number of thioether (sulfide) groups is 1. The Balaban J connectivity index is 2.11. The standard InChI is InChI=1S/C12H12BrN3O2S/c1-16-10(6-8-3-2-4-9(13)5-8)14-15-12(16)19-7-11(17)18/h2-5H,6-7H2,1H3,(H,17,18). The summed E-state index contributed by atoms with van der Waals surface area (Å²) in [7, 11) is 1.84. The Morgan fingerprint density at radius 2 is 2.26 bits per heavy atom. The molecule has 2 rings (SSSR count). The molecule has 2 aromatic rings. The van der Waals surface area contributed by atoms with Crippen LogP contribution in [0.4, 0.5) is 0 Å². The average molecular weight is 342 g/mol. The van der Waals surface area contributed by atoms with Crippen LogP contribution in [0, 0.1) is 0 Å². The normalized spacial score (nSPS) is 10.6. The van der Waals surface area contributed by atoms with E-state index in [1.54, 1.807) is 0 Å². The molecule has 0 saturated heterocycles. The highest BCUT2D eigenvalue weighted by Crippen LogP contribution is 2.18. The van der Waals surface area contributed by atoms with E-state index in [0.29, 0.717) is 11.6 Å². The van der Waals surface area contributed by atoms with Crippen molar-refractivity contribution in [1.82, 2.24) is 14.8 Å². The third kappa shape index (κ3) is 3.81. The summed E-state index contributed by atoms with van der Waals surface area (Å²) in [5.41, 5.74) is 1.12. The number of nitrogens with zero attached hydrogens (tertiary/aromatic N) is 3. The maximum Gasteiger partial charge on any atom is 0.313 e. The molecule has 1 aromatic carbocycles. The topological polar surface area (TPSA) is 68.0 Å². The largest absolute Gasteiger partial charge is 0.481 e. The third-order valence-electron chi connectivity index (χ3n) is 2.50. The number of hydrogen-bond donors (Lipinski definition) is 1. The van der Waals surface area contributed by atoms with Gasteiger partial charge in [0, 0.05) is 17.9 Å². The predicted octanol–water partition coefficient (Wildman–Crippen LogP) is 2.35. The van der Waals surface area contributed by atoms with Crippen LogP contribution in [-0.2, 0) is 18.3 Å². The summed E-state index contributed by atoms with van der Waals surface area (Å²) in [4.78, 5) is 10.5. The van der Waals surface area contributed by atoms with Gasteiger partial charge in [0.1, 0.15) is 5.82 Å². The number of rotatable bonds is 5. The minimum atomic E-state index is -0.860. The van der Waals surface area contributed by atoms with Crippen molar-refractivity contribution in [2.45, 2.75) is 11.6 Å². The van der Waals surface area contributed by atoms with Gasteiger partial charge in [0.2, 0.25) is 0 Å². The highest BCUT2D eigenvalue weighted by atomic mass is 79.9. The van der Waals surface area contributed by atoms with Crippen molar-refractivity contribution in [3.63, 3.8) is 0 Å². The van der Waals surface area contributed by atoms with Crippen LogP contribution in [0.1, 0.15) is 11.4 Å². The fourth-order valence-electron chi connectivity index (χ4n) is 1.58. The van der Waals surface area contributed by atoms with Gasteiger partial charge in [0.05, 0.1) is 5.75 Å². The van der Waals surface area contributed by atoms with E-state index in [0.717, 1.165) is 15.9 Å². The molecule has 0 amide bonds. The van der Waals surface area contributed by atoms with Crippen LogP contribution in [0.15, 0.2) is 33.9 Å². The van der Waals surface area contributed by atoms with Crippen molar-refractivity contribution in [1.29, 1.82) is 0 Å². The highest BCUT2D eigenvalue weighted by molar-refractivity contribution is 9.10. The maximum atomic E-state index is 10.5. The first-order valence-electron chi connectivity index (χ1n) is 5.53. The molecule has 1 heterocycles. The zero-order chi connectivity index (χ0) is 13.8. The quantitative estimate of drug-likeness (QED) is 0.845. The van der Waals surface area contributed by atoms with Crippen LogP contribution in [-0.4, -0.2) is 31.6 Å². The molecule has 1 aromatic heterocycles. The fraction of sp³-hybridized carbons (Fsp3) is 0.250. The Bertz CT molecular complexity index is 600. The predicted molar refractivity (Wildman–Crippen MR) is 76.3 cm³/mol. The number of halogens is 1. The second-order valence-electron chi connectivity index (χ2n) is 3.95. The number of hydrogen-bond acceptors (Lipinski definition) is 4. The second kappa shape index (κ2) is 6.21. The molecule has 0 saturated carbocycles. The summed E-state index contributed by atoms with van der Waals surface area (Å²) in [6, 6.07) is 7.98. The van der Waals surface area contributed by atoms with E-state index in [1.165, 1.54) is 11.8 Å². The summed E-state index contributed by atoms with van der Waals surface area (Å²) in [6.45, 7) is 0. The molecule has 19 heavy (non-hydrogen) atoms. The van der Waals surface area contributed by atoms with Crippen molar-refractivity contribution in [2.24, 2.45) is 7.05 Å². The van der Waals surface area contributed by atoms with E-state index in [-0.39, 0.29) is 5.75 Å². The molecular weight excluding hydrogens is 330 g/mol. The van der Waals surface area contributed by atoms with Crippen molar-refractivity contribution in [3.05, 3.63) is 40.1 Å². The molecule has 0 aliphatic rings. The molecule has 0 unspecified atom stereocenters. The number of carboxylic acid groups (broad SMARTS) is 1. The number of carbonyl (C=O) groups is 1. The molecule has 0 radical (unpaired) electrons. The molecule has 0 spiro atoms. The molecule has 0 aliphatic carbocycles. The Kier molecular flexibility index (Phi) is 4.60. The van der Waals surface area contributed by atoms with E-state index in [9.17, 15) is 4.79 Å². The summed E-state index contributed by atoms with van der Waals surface area (Å²) in [5, 5.41) is 17.4. The van der Waals surface area contributed by atoms with Crippen LogP contribution < -0.4 is 0 Å². The first-order chi connectivity index (χ1) is 9.06. The van der Waals surface area contributed by atoms with E-state index in [1.807, 2.05) is 35.9 Å². The van der Waals surface area contributed by atoms with E-state index in [2.05, 4.69) is 26.1 Å². The van der Waals surface area contributed by atoms with Gasteiger partial charge in [-0.1, -0.05) is 39.8 Å². The molecule has 0 bridgehead atoms. The Labute approximate surface area is 123 Å². The summed E-state index contributed by atoms with van der Waals surface area (Å²) in [6.07, 6.45) is 0.663. The number of aliphatic carboxylic acids is 1. The molecule has 5 nitrogen and oxygen atoms in total. The zero-order valence-corrected chi connectivity index (χ0v) is 12.6. The van der Waals surface area contributed by atoms with Gasteiger partial charge in [-0.15, -0.1) is 10.2 Å². The lowest BCUT2D eigenvalue weighted by molar-refractivity contribution is -0.133. The van der Waals surface area contributed by atoms with Crippen LogP contribution in [0.25, 0.3) is 0 Å². The van der Waals surface area contributed by atoms with Crippen molar-refractivity contribution in [3.8, 4) is 0 Å². The van der Waals surface area contributed by atoms with Gasteiger partial charge in [-0.3, -0.25) is 4.79 Å². The third-order valence-corrected chi connectivity index (χ3v) is 4.00. The van der Waals surface area contributed by atoms with Crippen LogP contribution in [0.3, 0.4) is 0 Å². The molecule has 0 fully saturated rings. The van der Waals surface area contributed by atoms with E-state index < -0.39 is 5.97 Å². The van der Waals surface area contributed by atoms with Crippen LogP contribution >= 0.6 is 27.7 Å². The van der Waals surface area contributed by atoms with Gasteiger partial charge in [-0.2, -0.15) is 0 Å². The van der Waals surface area contributed by atoms with E-state index >= 15 is 0 Å². The number of carboxylic acids is 1. The van der Waals surface area contributed by atoms with Crippen molar-refractivity contribution in [2.75, 3.05) is 5.75 Å². The maximum absolute atomic E-state index is 10.5. The number of benzene rings is 1. The minimum absolute atomic E-state index is 0.0111. The lowest BCUT2D eigenvalue weighted by Crippen LogP contribution is -2.03. The highest BCUT2D eigenvalue weighted by Gasteiger charge is 2.11. The van der Waals surface area contributed by atoms with Crippen molar-refractivity contribution >= 4 is 33.7 Å². The summed E-state index contributed by atoms with van der Waals surface area (Å²) >= 11 is 4.60. The first-order valence-corrected chi connectivity index (χ1v) is 7.31. The van der Waals surface area contributed by atoms with Gasteiger partial charge < -0.3 is 9.67 Å². The lowest BCUT2D eigenvalue weighted by atomic mass is 10.1. The SMILES string of the molecule is Cn1c(Cc2cccc(Br)c2)nnc1SCC(=O)O. The number of aromatic nitrogens is 3. The zero-order valence-electron chi connectivity index (χ0n) is 10.2. The van der Waals surface area contributed by atoms with Crippen LogP contribution in [0.5, 0.6) is 0 Å². The van der Waals surface area contributed by atoms with Gasteiger partial charge in [0.15, 0.2) is 5.16 Å². The smallest absolute Gasteiger partial charge is 0.313 e. The molecule has 7 heteroatoms. The van der Waals surface area contributed by atoms with Gasteiger partial charge >= 0.3 is 5.97 Å². The fourth-order valence-corrected chi connectivity index (χ4v) is 2.68. The molecular formula is C12H12BrN3O2S. The Morgan fingerprint density at radius 3 is 2.95 bits per heavy atom. The molecule has 0 aliphatic heterocycles. The van der Waals surface area contributed by atoms with Gasteiger partial charge in [-0.05, 0) is 17.7 Å². The first kappa shape index (κ1) is 14.1.